The van der Waals surface area contributed by atoms with Crippen LogP contribution in [0.3, 0.4) is 0 Å². The van der Waals surface area contributed by atoms with E-state index in [0.717, 1.165) is 28.6 Å². The SMILES string of the molecule is Cc1ccc(NCc2cn(-c3ccc(Cl)cc3)nc2C)cc1. The number of nitrogens with zero attached hydrogens (tertiary/aromatic N) is 2. The Bertz CT molecular complexity index is 758. The Morgan fingerprint density at radius 1 is 1.00 bits per heavy atom. The van der Waals surface area contributed by atoms with Crippen LogP contribution in [0.1, 0.15) is 16.8 Å². The van der Waals surface area contributed by atoms with Crippen LogP contribution in [-0.4, -0.2) is 9.78 Å². The molecule has 0 aliphatic heterocycles. The fourth-order valence-electron chi connectivity index (χ4n) is 2.26. The molecule has 0 fully saturated rings. The molecule has 3 nitrogen and oxygen atoms in total. The second-order valence-corrected chi connectivity index (χ2v) is 5.82. The first-order chi connectivity index (χ1) is 10.6. The Morgan fingerprint density at radius 2 is 1.68 bits per heavy atom. The van der Waals surface area contributed by atoms with E-state index in [9.17, 15) is 0 Å². The number of anilines is 1. The zero-order valence-corrected chi connectivity index (χ0v) is 13.4. The molecule has 0 amide bonds. The van der Waals surface area contributed by atoms with Gasteiger partial charge in [-0.15, -0.1) is 0 Å². The third-order valence-corrected chi connectivity index (χ3v) is 3.88. The number of rotatable bonds is 4. The summed E-state index contributed by atoms with van der Waals surface area (Å²) >= 11 is 5.92. The van der Waals surface area contributed by atoms with Gasteiger partial charge >= 0.3 is 0 Å². The molecule has 3 rings (SSSR count). The summed E-state index contributed by atoms with van der Waals surface area (Å²) in [7, 11) is 0. The van der Waals surface area contributed by atoms with E-state index >= 15 is 0 Å². The fraction of sp³-hybridized carbons (Fsp3) is 0.167. The average Bonchev–Trinajstić information content (AvgIpc) is 2.88. The fourth-order valence-corrected chi connectivity index (χ4v) is 2.39. The zero-order chi connectivity index (χ0) is 15.5. The van der Waals surface area contributed by atoms with Gasteiger partial charge in [-0.05, 0) is 50.2 Å². The van der Waals surface area contributed by atoms with Crippen LogP contribution in [0.5, 0.6) is 0 Å². The number of hydrogen-bond donors (Lipinski definition) is 1. The molecule has 0 saturated carbocycles. The number of aromatic nitrogens is 2. The summed E-state index contributed by atoms with van der Waals surface area (Å²) in [6.45, 7) is 4.87. The molecular formula is C18H18ClN3. The van der Waals surface area contributed by atoms with Gasteiger partial charge in [0.15, 0.2) is 0 Å². The van der Waals surface area contributed by atoms with Gasteiger partial charge in [-0.1, -0.05) is 29.3 Å². The molecule has 4 heteroatoms. The first kappa shape index (κ1) is 14.7. The lowest BCUT2D eigenvalue weighted by molar-refractivity contribution is 0.863. The van der Waals surface area contributed by atoms with Crippen LogP contribution < -0.4 is 5.32 Å². The van der Waals surface area contributed by atoms with Crippen molar-refractivity contribution >= 4 is 17.3 Å². The summed E-state index contributed by atoms with van der Waals surface area (Å²) < 4.78 is 1.89. The average molecular weight is 312 g/mol. The Morgan fingerprint density at radius 3 is 2.36 bits per heavy atom. The number of hydrogen-bond acceptors (Lipinski definition) is 2. The summed E-state index contributed by atoms with van der Waals surface area (Å²) in [5.41, 5.74) is 5.58. The van der Waals surface area contributed by atoms with E-state index in [1.54, 1.807) is 0 Å². The van der Waals surface area contributed by atoms with Crippen molar-refractivity contribution in [2.24, 2.45) is 0 Å². The zero-order valence-electron chi connectivity index (χ0n) is 12.7. The first-order valence-corrected chi connectivity index (χ1v) is 7.61. The molecule has 0 saturated heterocycles. The molecule has 22 heavy (non-hydrogen) atoms. The van der Waals surface area contributed by atoms with E-state index in [2.05, 4.69) is 47.8 Å². The van der Waals surface area contributed by atoms with Gasteiger partial charge in [-0.2, -0.15) is 5.10 Å². The third kappa shape index (κ3) is 3.31. The maximum atomic E-state index is 5.92. The van der Waals surface area contributed by atoms with Gasteiger partial charge in [-0.25, -0.2) is 4.68 Å². The second-order valence-electron chi connectivity index (χ2n) is 5.38. The summed E-state index contributed by atoms with van der Waals surface area (Å²) in [5.74, 6) is 0. The van der Waals surface area contributed by atoms with E-state index in [4.69, 9.17) is 11.6 Å². The highest BCUT2D eigenvalue weighted by Crippen LogP contribution is 2.17. The highest BCUT2D eigenvalue weighted by molar-refractivity contribution is 6.30. The van der Waals surface area contributed by atoms with E-state index in [0.29, 0.717) is 0 Å². The topological polar surface area (TPSA) is 29.9 Å². The van der Waals surface area contributed by atoms with Crippen LogP contribution in [-0.2, 0) is 6.54 Å². The predicted octanol–water partition coefficient (Wildman–Crippen LogP) is 4.75. The van der Waals surface area contributed by atoms with Crippen molar-refractivity contribution in [1.29, 1.82) is 0 Å². The number of benzene rings is 2. The third-order valence-electron chi connectivity index (χ3n) is 3.63. The maximum Gasteiger partial charge on any atom is 0.0647 e. The minimum atomic E-state index is 0.730. The van der Waals surface area contributed by atoms with Crippen molar-refractivity contribution in [3.8, 4) is 5.69 Å². The Kier molecular flexibility index (Phi) is 4.16. The molecule has 1 aromatic heterocycles. The van der Waals surface area contributed by atoms with Gasteiger partial charge in [0.2, 0.25) is 0 Å². The molecule has 0 spiro atoms. The van der Waals surface area contributed by atoms with Gasteiger partial charge in [0, 0.05) is 29.0 Å². The van der Waals surface area contributed by atoms with E-state index in [1.807, 2.05) is 35.9 Å². The second kappa shape index (κ2) is 6.24. The number of halogens is 1. The number of nitrogens with one attached hydrogen (secondary N) is 1. The van der Waals surface area contributed by atoms with Crippen molar-refractivity contribution in [3.63, 3.8) is 0 Å². The molecule has 0 aliphatic rings. The molecule has 0 radical (unpaired) electrons. The summed E-state index contributed by atoms with van der Waals surface area (Å²) in [5, 5.41) is 8.73. The van der Waals surface area contributed by atoms with Crippen molar-refractivity contribution in [3.05, 3.63) is 76.6 Å². The van der Waals surface area contributed by atoms with Crippen LogP contribution in [0, 0.1) is 13.8 Å². The van der Waals surface area contributed by atoms with Crippen molar-refractivity contribution in [1.82, 2.24) is 9.78 Å². The molecular weight excluding hydrogens is 294 g/mol. The monoisotopic (exact) mass is 311 g/mol. The van der Waals surface area contributed by atoms with E-state index in [-0.39, 0.29) is 0 Å². The summed E-state index contributed by atoms with van der Waals surface area (Å²) in [4.78, 5) is 0. The van der Waals surface area contributed by atoms with Crippen LogP contribution in [0.2, 0.25) is 5.02 Å². The minimum Gasteiger partial charge on any atom is -0.381 e. The first-order valence-electron chi connectivity index (χ1n) is 7.23. The normalized spacial score (nSPS) is 10.7. The molecule has 0 atom stereocenters. The van der Waals surface area contributed by atoms with Crippen LogP contribution >= 0.6 is 11.6 Å². The molecule has 0 bridgehead atoms. The van der Waals surface area contributed by atoms with Gasteiger partial charge in [-0.3, -0.25) is 0 Å². The summed E-state index contributed by atoms with van der Waals surface area (Å²) in [6.07, 6.45) is 2.06. The largest absolute Gasteiger partial charge is 0.381 e. The Balaban J connectivity index is 1.75. The predicted molar refractivity (Wildman–Crippen MR) is 91.8 cm³/mol. The van der Waals surface area contributed by atoms with Crippen LogP contribution in [0.4, 0.5) is 5.69 Å². The standard InChI is InChI=1S/C18H18ClN3/c1-13-3-7-17(8-4-13)20-11-15-12-22(21-14(15)2)18-9-5-16(19)6-10-18/h3-10,12,20H,11H2,1-2H3. The van der Waals surface area contributed by atoms with E-state index in [1.165, 1.54) is 11.1 Å². The van der Waals surface area contributed by atoms with Crippen molar-refractivity contribution in [2.75, 3.05) is 5.32 Å². The van der Waals surface area contributed by atoms with Gasteiger partial charge < -0.3 is 5.32 Å². The highest BCUT2D eigenvalue weighted by Gasteiger charge is 2.06. The van der Waals surface area contributed by atoms with Crippen LogP contribution in [0.15, 0.2) is 54.7 Å². The van der Waals surface area contributed by atoms with Crippen LogP contribution in [0.25, 0.3) is 5.69 Å². The Hall–Kier alpha value is -2.26. The van der Waals surface area contributed by atoms with Gasteiger partial charge in [0.05, 0.1) is 11.4 Å². The highest BCUT2D eigenvalue weighted by atomic mass is 35.5. The van der Waals surface area contributed by atoms with Crippen molar-refractivity contribution in [2.45, 2.75) is 20.4 Å². The molecule has 1 heterocycles. The molecule has 0 aliphatic carbocycles. The van der Waals surface area contributed by atoms with Crippen molar-refractivity contribution < 1.29 is 0 Å². The van der Waals surface area contributed by atoms with Gasteiger partial charge in [0.1, 0.15) is 0 Å². The van der Waals surface area contributed by atoms with E-state index < -0.39 is 0 Å². The molecule has 1 N–H and O–H groups in total. The molecule has 2 aromatic carbocycles. The molecule has 3 aromatic rings. The summed E-state index contributed by atoms with van der Waals surface area (Å²) in [6, 6.07) is 16.1. The Labute approximate surface area is 135 Å². The molecule has 112 valence electrons. The maximum absolute atomic E-state index is 5.92. The lowest BCUT2D eigenvalue weighted by atomic mass is 10.2. The quantitative estimate of drug-likeness (QED) is 0.753. The minimum absolute atomic E-state index is 0.730. The lowest BCUT2D eigenvalue weighted by Crippen LogP contribution is -1.99. The molecule has 0 unspecified atom stereocenters. The smallest absolute Gasteiger partial charge is 0.0647 e. The van der Waals surface area contributed by atoms with Gasteiger partial charge in [0.25, 0.3) is 0 Å². The lowest BCUT2D eigenvalue weighted by Gasteiger charge is -2.05. The number of aryl methyl sites for hydroxylation is 2.